The van der Waals surface area contributed by atoms with Crippen molar-refractivity contribution < 1.29 is 4.79 Å². The summed E-state index contributed by atoms with van der Waals surface area (Å²) in [6, 6.07) is 35.0. The summed E-state index contributed by atoms with van der Waals surface area (Å²) in [6.07, 6.45) is 0. The quantitative estimate of drug-likeness (QED) is 0.163. The van der Waals surface area contributed by atoms with Crippen LogP contribution in [0, 0.1) is 0 Å². The molecule has 4 nitrogen and oxygen atoms in total. The highest BCUT2D eigenvalue weighted by molar-refractivity contribution is 9.10. The third-order valence-electron chi connectivity index (χ3n) is 4.85. The van der Waals surface area contributed by atoms with Gasteiger partial charge in [0.1, 0.15) is 5.25 Å². The van der Waals surface area contributed by atoms with E-state index in [2.05, 4.69) is 31.9 Å². The van der Waals surface area contributed by atoms with E-state index in [1.165, 1.54) is 11.8 Å². The Balaban J connectivity index is 1.50. The zero-order chi connectivity index (χ0) is 23.8. The minimum absolute atomic E-state index is 0.0947. The maximum atomic E-state index is 13.3. The average Bonchev–Trinajstić information content (AvgIpc) is 2.85. The Labute approximate surface area is 217 Å². The zero-order valence-electron chi connectivity index (χ0n) is 18.1. The van der Waals surface area contributed by atoms with Gasteiger partial charge >= 0.3 is 0 Å². The normalized spacial score (nSPS) is 11.3. The molecule has 0 aromatic heterocycles. The van der Waals surface area contributed by atoms with Crippen molar-refractivity contribution in [2.45, 2.75) is 10.1 Å². The topological polar surface area (TPSA) is 53.2 Å². The van der Waals surface area contributed by atoms with E-state index in [4.69, 9.17) is 12.2 Å². The van der Waals surface area contributed by atoms with Crippen LogP contribution in [0.5, 0.6) is 0 Å². The summed E-state index contributed by atoms with van der Waals surface area (Å²) in [6.45, 7) is 0. The van der Waals surface area contributed by atoms with Gasteiger partial charge in [-0.05, 0) is 76.2 Å². The van der Waals surface area contributed by atoms with E-state index >= 15 is 0 Å². The fraction of sp³-hybridized carbons (Fsp3) is 0.0370. The number of carbonyl (C=O) groups excluding carboxylic acids is 1. The van der Waals surface area contributed by atoms with E-state index in [9.17, 15) is 4.79 Å². The molecule has 0 aliphatic rings. The van der Waals surface area contributed by atoms with Crippen molar-refractivity contribution in [3.05, 3.63) is 119 Å². The Kier molecular flexibility index (Phi) is 8.36. The number of nitrogens with one attached hydrogen (secondary N) is 3. The SMILES string of the molecule is O=C(Nc1ccccc1Br)C(Sc1cccc(NC(=S)Nc2ccccc2)c1)c1ccccc1. The monoisotopic (exact) mass is 547 g/mol. The molecule has 0 saturated heterocycles. The molecule has 4 rings (SSSR count). The first-order chi connectivity index (χ1) is 16.6. The molecule has 0 fully saturated rings. The first-order valence-corrected chi connectivity index (χ1v) is 12.7. The molecule has 170 valence electrons. The number of amides is 1. The number of benzene rings is 4. The first-order valence-electron chi connectivity index (χ1n) is 10.6. The minimum atomic E-state index is -0.432. The van der Waals surface area contributed by atoms with Crippen molar-refractivity contribution in [3.8, 4) is 0 Å². The van der Waals surface area contributed by atoms with Gasteiger partial charge < -0.3 is 16.0 Å². The summed E-state index contributed by atoms with van der Waals surface area (Å²) in [5.41, 5.74) is 3.42. The summed E-state index contributed by atoms with van der Waals surface area (Å²) in [4.78, 5) is 14.3. The van der Waals surface area contributed by atoms with Gasteiger partial charge in [-0.3, -0.25) is 4.79 Å². The van der Waals surface area contributed by atoms with Crippen molar-refractivity contribution >= 4 is 68.0 Å². The Bertz CT molecular complexity index is 1270. The van der Waals surface area contributed by atoms with Crippen molar-refractivity contribution in [2.24, 2.45) is 0 Å². The molecule has 1 atom stereocenters. The molecule has 7 heteroatoms. The molecular weight excluding hydrogens is 526 g/mol. The van der Waals surface area contributed by atoms with Crippen LogP contribution in [-0.2, 0) is 4.79 Å². The maximum absolute atomic E-state index is 13.3. The Morgan fingerprint density at radius 3 is 2.09 bits per heavy atom. The van der Waals surface area contributed by atoms with Crippen LogP contribution >= 0.6 is 39.9 Å². The Morgan fingerprint density at radius 1 is 0.735 bits per heavy atom. The van der Waals surface area contributed by atoms with Gasteiger partial charge in [0, 0.05) is 20.7 Å². The number of anilines is 3. The summed E-state index contributed by atoms with van der Waals surface area (Å²) in [7, 11) is 0. The molecular formula is C27H22BrN3OS2. The van der Waals surface area contributed by atoms with E-state index < -0.39 is 5.25 Å². The van der Waals surface area contributed by atoms with Crippen LogP contribution < -0.4 is 16.0 Å². The van der Waals surface area contributed by atoms with Gasteiger partial charge in [-0.1, -0.05) is 66.7 Å². The molecule has 3 N–H and O–H groups in total. The van der Waals surface area contributed by atoms with Crippen molar-refractivity contribution in [3.63, 3.8) is 0 Å². The number of carbonyl (C=O) groups is 1. The lowest BCUT2D eigenvalue weighted by atomic mass is 10.1. The lowest BCUT2D eigenvalue weighted by Gasteiger charge is -2.18. The van der Waals surface area contributed by atoms with Gasteiger partial charge in [-0.2, -0.15) is 0 Å². The number of rotatable bonds is 7. The summed E-state index contributed by atoms with van der Waals surface area (Å²) in [5.74, 6) is -0.0947. The van der Waals surface area contributed by atoms with Crippen LogP contribution in [0.3, 0.4) is 0 Å². The van der Waals surface area contributed by atoms with E-state index in [0.717, 1.165) is 32.0 Å². The predicted molar refractivity (Wildman–Crippen MR) is 151 cm³/mol. The molecule has 4 aromatic carbocycles. The first kappa shape index (κ1) is 24.0. The molecule has 34 heavy (non-hydrogen) atoms. The lowest BCUT2D eigenvalue weighted by Crippen LogP contribution is -2.19. The fourth-order valence-electron chi connectivity index (χ4n) is 3.26. The Hall–Kier alpha value is -3.13. The summed E-state index contributed by atoms with van der Waals surface area (Å²) < 4.78 is 0.839. The van der Waals surface area contributed by atoms with Crippen molar-refractivity contribution in [1.29, 1.82) is 0 Å². The van der Waals surface area contributed by atoms with Gasteiger partial charge in [0.2, 0.25) is 5.91 Å². The molecule has 0 heterocycles. The average molecular weight is 549 g/mol. The fourth-order valence-corrected chi connectivity index (χ4v) is 4.96. The third kappa shape index (κ3) is 6.70. The minimum Gasteiger partial charge on any atom is -0.332 e. The number of thiocarbonyl (C=S) groups is 1. The van der Waals surface area contributed by atoms with Crippen LogP contribution in [-0.4, -0.2) is 11.0 Å². The van der Waals surface area contributed by atoms with E-state index in [-0.39, 0.29) is 5.91 Å². The summed E-state index contributed by atoms with van der Waals surface area (Å²) in [5, 5.41) is 9.51. The molecule has 0 saturated carbocycles. The number of hydrogen-bond donors (Lipinski definition) is 3. The van der Waals surface area contributed by atoms with Crippen molar-refractivity contribution in [2.75, 3.05) is 16.0 Å². The maximum Gasteiger partial charge on any atom is 0.242 e. The van der Waals surface area contributed by atoms with E-state index in [1.807, 2.05) is 109 Å². The van der Waals surface area contributed by atoms with Gasteiger partial charge in [0.15, 0.2) is 5.11 Å². The van der Waals surface area contributed by atoms with Gasteiger partial charge in [0.05, 0.1) is 5.69 Å². The smallest absolute Gasteiger partial charge is 0.242 e. The highest BCUT2D eigenvalue weighted by Gasteiger charge is 2.23. The van der Waals surface area contributed by atoms with E-state index in [0.29, 0.717) is 5.11 Å². The molecule has 0 bridgehead atoms. The molecule has 0 aliphatic heterocycles. The second-order valence-corrected chi connectivity index (χ2v) is 9.79. The lowest BCUT2D eigenvalue weighted by molar-refractivity contribution is -0.115. The molecule has 4 aromatic rings. The molecule has 0 aliphatic carbocycles. The molecule has 1 amide bonds. The number of para-hydroxylation sites is 2. The van der Waals surface area contributed by atoms with Crippen molar-refractivity contribution in [1.82, 2.24) is 0 Å². The molecule has 0 spiro atoms. The highest BCUT2D eigenvalue weighted by atomic mass is 79.9. The zero-order valence-corrected chi connectivity index (χ0v) is 21.3. The number of thioether (sulfide) groups is 1. The van der Waals surface area contributed by atoms with Gasteiger partial charge in [0.25, 0.3) is 0 Å². The molecule has 1 unspecified atom stereocenters. The second-order valence-electron chi connectivity index (χ2n) is 7.35. The largest absolute Gasteiger partial charge is 0.332 e. The predicted octanol–water partition coefficient (Wildman–Crippen LogP) is 7.73. The number of hydrogen-bond acceptors (Lipinski definition) is 3. The van der Waals surface area contributed by atoms with Gasteiger partial charge in [-0.15, -0.1) is 11.8 Å². The Morgan fingerprint density at radius 2 is 1.35 bits per heavy atom. The second kappa shape index (κ2) is 11.8. The third-order valence-corrected chi connectivity index (χ3v) is 6.99. The van der Waals surface area contributed by atoms with Gasteiger partial charge in [-0.25, -0.2) is 0 Å². The van der Waals surface area contributed by atoms with Crippen LogP contribution in [0.2, 0.25) is 0 Å². The number of halogens is 1. The summed E-state index contributed by atoms with van der Waals surface area (Å²) >= 11 is 10.4. The van der Waals surface area contributed by atoms with Crippen LogP contribution in [0.15, 0.2) is 119 Å². The molecule has 0 radical (unpaired) electrons. The van der Waals surface area contributed by atoms with Crippen LogP contribution in [0.4, 0.5) is 17.1 Å². The van der Waals surface area contributed by atoms with Crippen LogP contribution in [0.25, 0.3) is 0 Å². The van der Waals surface area contributed by atoms with Crippen LogP contribution in [0.1, 0.15) is 10.8 Å². The van der Waals surface area contributed by atoms with E-state index in [1.54, 1.807) is 0 Å². The highest BCUT2D eigenvalue weighted by Crippen LogP contribution is 2.37. The standard InChI is InChI=1S/C27H22BrN3OS2/c28-23-16-7-8-17-24(23)31-26(32)25(19-10-3-1-4-11-19)34-22-15-9-14-21(18-22)30-27(33)29-20-12-5-2-6-13-20/h1-18,25H,(H,31,32)(H2,29,30,33).